The van der Waals surface area contributed by atoms with Crippen molar-refractivity contribution in [1.82, 2.24) is 9.88 Å². The number of aliphatic hydroxyl groups is 1. The third kappa shape index (κ3) is 3.00. The molecule has 2 atom stereocenters. The average Bonchev–Trinajstić information content (AvgIpc) is 3.20. The van der Waals surface area contributed by atoms with Gasteiger partial charge in [0.2, 0.25) is 5.60 Å². The van der Waals surface area contributed by atoms with Gasteiger partial charge in [-0.05, 0) is 18.2 Å². The number of benzene rings is 1. The molecule has 1 saturated heterocycles. The summed E-state index contributed by atoms with van der Waals surface area (Å²) in [5.74, 6) is 4.69. The number of primary amides is 1. The van der Waals surface area contributed by atoms with Gasteiger partial charge in [-0.2, -0.15) is 0 Å². The molecule has 3 N–H and O–H groups in total. The van der Waals surface area contributed by atoms with Crippen LogP contribution >= 0.6 is 11.3 Å². The molecule has 9 heteroatoms. The topological polar surface area (TPSA) is 106 Å². The molecule has 0 bridgehead atoms. The molecule has 2 aliphatic heterocycles. The number of alkyl halides is 1. The number of likely N-dealkylation sites (tertiary alicyclic amines) is 1. The van der Waals surface area contributed by atoms with Crippen LogP contribution in [-0.2, 0) is 4.79 Å². The van der Waals surface area contributed by atoms with E-state index in [1.54, 1.807) is 25.2 Å². The first-order chi connectivity index (χ1) is 13.3. The molecule has 1 fully saturated rings. The number of rotatable bonds is 1. The van der Waals surface area contributed by atoms with E-state index in [4.69, 9.17) is 10.5 Å². The highest BCUT2D eigenvalue weighted by Gasteiger charge is 2.42. The molecule has 0 unspecified atom stereocenters. The van der Waals surface area contributed by atoms with Crippen molar-refractivity contribution >= 4 is 23.2 Å². The number of thiazole rings is 1. The Bertz CT molecular complexity index is 1060. The molecule has 0 radical (unpaired) electrons. The molecule has 3 heterocycles. The lowest BCUT2D eigenvalue weighted by molar-refractivity contribution is -0.137. The highest BCUT2D eigenvalue weighted by molar-refractivity contribution is 7.14. The molecular weight excluding hydrogens is 385 g/mol. The third-order valence-corrected chi connectivity index (χ3v) is 5.85. The molecule has 144 valence electrons. The number of nitrogens with zero attached hydrogens (tertiary/aromatic N) is 2. The Kier molecular flexibility index (Phi) is 4.33. The Morgan fingerprint density at radius 3 is 3.00 bits per heavy atom. The van der Waals surface area contributed by atoms with Crippen molar-refractivity contribution in [3.8, 4) is 28.8 Å². The van der Waals surface area contributed by atoms with Gasteiger partial charge < -0.3 is 20.5 Å². The second-order valence-corrected chi connectivity index (χ2v) is 7.70. The zero-order valence-corrected chi connectivity index (χ0v) is 15.7. The third-order valence-electron chi connectivity index (χ3n) is 4.69. The molecule has 1 aromatic heterocycles. The standard InChI is InChI=1S/C19H16FN3O4S/c1-23-7-6-19(26,18(23)25)5-4-10-2-3-13-11(8-10)14-15(12(20)9-27-13)28-17(22-14)16(21)24/h2-3,8,12,26H,6-7,9H2,1H3,(H2,21,24)/t12-,19+/m1/s1. The summed E-state index contributed by atoms with van der Waals surface area (Å²) < 4.78 is 20.0. The largest absolute Gasteiger partial charge is 0.489 e. The quantitative estimate of drug-likeness (QED) is 0.700. The van der Waals surface area contributed by atoms with Crippen molar-refractivity contribution in [2.24, 2.45) is 5.73 Å². The van der Waals surface area contributed by atoms with E-state index in [1.165, 1.54) is 4.90 Å². The Labute approximate surface area is 163 Å². The summed E-state index contributed by atoms with van der Waals surface area (Å²) in [5.41, 5.74) is 4.83. The summed E-state index contributed by atoms with van der Waals surface area (Å²) in [6, 6.07) is 4.91. The van der Waals surface area contributed by atoms with Crippen molar-refractivity contribution in [2.75, 3.05) is 20.2 Å². The second kappa shape index (κ2) is 6.58. The second-order valence-electron chi connectivity index (χ2n) is 6.67. The van der Waals surface area contributed by atoms with Gasteiger partial charge in [0.1, 0.15) is 12.4 Å². The number of carbonyl (C=O) groups excluding carboxylic acids is 2. The van der Waals surface area contributed by atoms with E-state index < -0.39 is 23.6 Å². The van der Waals surface area contributed by atoms with Gasteiger partial charge in [0.05, 0.1) is 10.6 Å². The number of hydrogen-bond donors (Lipinski definition) is 2. The molecule has 4 rings (SSSR count). The fourth-order valence-electron chi connectivity index (χ4n) is 3.15. The van der Waals surface area contributed by atoms with Crippen LogP contribution in [0.2, 0.25) is 0 Å². The van der Waals surface area contributed by atoms with Crippen molar-refractivity contribution in [2.45, 2.75) is 18.2 Å². The van der Waals surface area contributed by atoms with Crippen LogP contribution in [0.3, 0.4) is 0 Å². The smallest absolute Gasteiger partial charge is 0.277 e. The molecule has 7 nitrogen and oxygen atoms in total. The molecule has 0 spiro atoms. The van der Waals surface area contributed by atoms with Crippen molar-refractivity contribution in [3.63, 3.8) is 0 Å². The fourth-order valence-corrected chi connectivity index (χ4v) is 4.04. The van der Waals surface area contributed by atoms with E-state index in [9.17, 15) is 19.1 Å². The lowest BCUT2D eigenvalue weighted by Gasteiger charge is -2.13. The molecule has 28 heavy (non-hydrogen) atoms. The monoisotopic (exact) mass is 401 g/mol. The average molecular weight is 401 g/mol. The van der Waals surface area contributed by atoms with Crippen molar-refractivity contribution < 1.29 is 23.8 Å². The number of amides is 2. The van der Waals surface area contributed by atoms with Crippen molar-refractivity contribution in [1.29, 1.82) is 0 Å². The molecule has 2 aliphatic rings. The van der Waals surface area contributed by atoms with E-state index in [2.05, 4.69) is 16.8 Å². The maximum Gasteiger partial charge on any atom is 0.277 e. The summed E-state index contributed by atoms with van der Waals surface area (Å²) >= 11 is 0.901. The van der Waals surface area contributed by atoms with Gasteiger partial charge >= 0.3 is 0 Å². The van der Waals surface area contributed by atoms with Crippen LogP contribution in [0.5, 0.6) is 5.75 Å². The number of likely N-dealkylation sites (N-methyl/N-ethyl adjacent to an activating group) is 1. The van der Waals surface area contributed by atoms with Crippen LogP contribution in [0.15, 0.2) is 18.2 Å². The Morgan fingerprint density at radius 2 is 2.32 bits per heavy atom. The number of carbonyl (C=O) groups is 2. The van der Waals surface area contributed by atoms with Gasteiger partial charge in [-0.3, -0.25) is 9.59 Å². The van der Waals surface area contributed by atoms with Crippen LogP contribution in [-0.4, -0.2) is 52.6 Å². The Morgan fingerprint density at radius 1 is 1.54 bits per heavy atom. The van der Waals surface area contributed by atoms with Crippen molar-refractivity contribution in [3.05, 3.63) is 33.6 Å². The summed E-state index contributed by atoms with van der Waals surface area (Å²) in [4.78, 5) is 29.4. The first-order valence-electron chi connectivity index (χ1n) is 8.51. The number of hydrogen-bond acceptors (Lipinski definition) is 6. The van der Waals surface area contributed by atoms with E-state index >= 15 is 0 Å². The Hall–Kier alpha value is -2.96. The van der Waals surface area contributed by atoms with Crippen LogP contribution in [0.4, 0.5) is 4.39 Å². The molecule has 1 aromatic carbocycles. The lowest BCUT2D eigenvalue weighted by Crippen LogP contribution is -2.37. The fraction of sp³-hybridized carbons (Fsp3) is 0.316. The summed E-state index contributed by atoms with van der Waals surface area (Å²) in [6.07, 6.45) is -1.21. The maximum atomic E-state index is 14.5. The first kappa shape index (κ1) is 18.4. The first-order valence-corrected chi connectivity index (χ1v) is 9.33. The molecular formula is C19H16FN3O4S. The summed E-state index contributed by atoms with van der Waals surface area (Å²) in [5, 5.41) is 10.5. The highest BCUT2D eigenvalue weighted by atomic mass is 32.1. The minimum Gasteiger partial charge on any atom is -0.489 e. The van der Waals surface area contributed by atoms with E-state index in [0.29, 0.717) is 23.4 Å². The van der Waals surface area contributed by atoms with E-state index in [1.807, 2.05) is 0 Å². The molecule has 2 amide bonds. The number of ether oxygens (including phenoxy) is 1. The van der Waals surface area contributed by atoms with E-state index in [-0.39, 0.29) is 28.6 Å². The van der Waals surface area contributed by atoms with Crippen LogP contribution < -0.4 is 10.5 Å². The zero-order valence-electron chi connectivity index (χ0n) is 14.9. The van der Waals surface area contributed by atoms with Gasteiger partial charge in [0.15, 0.2) is 11.2 Å². The minimum absolute atomic E-state index is 0.0193. The minimum atomic E-state index is -1.72. The summed E-state index contributed by atoms with van der Waals surface area (Å²) in [7, 11) is 1.61. The zero-order chi connectivity index (χ0) is 20.1. The molecule has 0 saturated carbocycles. The van der Waals surface area contributed by atoms with Gasteiger partial charge in [0.25, 0.3) is 11.8 Å². The highest BCUT2D eigenvalue weighted by Crippen LogP contribution is 2.42. The lowest BCUT2D eigenvalue weighted by atomic mass is 10.0. The predicted molar refractivity (Wildman–Crippen MR) is 99.5 cm³/mol. The van der Waals surface area contributed by atoms with Gasteiger partial charge in [-0.15, -0.1) is 11.3 Å². The van der Waals surface area contributed by atoms with Gasteiger partial charge in [0, 0.05) is 31.1 Å². The van der Waals surface area contributed by atoms with Crippen LogP contribution in [0, 0.1) is 11.8 Å². The maximum absolute atomic E-state index is 14.5. The predicted octanol–water partition coefficient (Wildman–Crippen LogP) is 1.26. The Balaban J connectivity index is 1.76. The van der Waals surface area contributed by atoms with Gasteiger partial charge in [-0.25, -0.2) is 9.37 Å². The number of nitrogens with two attached hydrogens (primary N) is 1. The van der Waals surface area contributed by atoms with Gasteiger partial charge in [-0.1, -0.05) is 11.8 Å². The number of halogens is 1. The van der Waals surface area contributed by atoms with Crippen LogP contribution in [0.25, 0.3) is 11.3 Å². The molecule has 2 aromatic rings. The SMILES string of the molecule is CN1CC[C@@](O)(C#Cc2ccc3c(c2)-c2nc(C(N)=O)sc2[C@H](F)CO3)C1=O. The summed E-state index contributed by atoms with van der Waals surface area (Å²) in [6.45, 7) is 0.226. The van der Waals surface area contributed by atoms with Crippen LogP contribution in [0.1, 0.15) is 32.8 Å². The normalized spacial score (nSPS) is 23.2. The number of fused-ring (bicyclic) bond motifs is 3. The number of aromatic nitrogens is 1. The molecule has 0 aliphatic carbocycles. The van der Waals surface area contributed by atoms with E-state index in [0.717, 1.165) is 11.3 Å².